The highest BCUT2D eigenvalue weighted by Gasteiger charge is 2.24. The Morgan fingerprint density at radius 1 is 1.47 bits per heavy atom. The van der Waals surface area contributed by atoms with E-state index in [1.807, 2.05) is 0 Å². The normalized spacial score (nSPS) is 20.5. The fourth-order valence-corrected chi connectivity index (χ4v) is 2.89. The van der Waals surface area contributed by atoms with Crippen molar-refractivity contribution in [2.75, 3.05) is 6.54 Å². The predicted octanol–water partition coefficient (Wildman–Crippen LogP) is 3.81. The maximum Gasteiger partial charge on any atom is 0.131 e. The van der Waals surface area contributed by atoms with Crippen molar-refractivity contribution >= 4 is 17.4 Å². The van der Waals surface area contributed by atoms with Gasteiger partial charge in [-0.15, -0.1) is 0 Å². The molecule has 0 N–H and O–H groups in total. The summed E-state index contributed by atoms with van der Waals surface area (Å²) in [5.41, 5.74) is 0.803. The quantitative estimate of drug-likeness (QED) is 0.837. The van der Waals surface area contributed by atoms with Gasteiger partial charge >= 0.3 is 0 Å². The van der Waals surface area contributed by atoms with Crippen LogP contribution >= 0.6 is 11.6 Å². The molecule has 1 aliphatic heterocycles. The van der Waals surface area contributed by atoms with Crippen molar-refractivity contribution in [1.29, 1.82) is 0 Å². The molecule has 19 heavy (non-hydrogen) atoms. The Bertz CT molecular complexity index is 463. The lowest BCUT2D eigenvalue weighted by atomic mass is 9.97. The van der Waals surface area contributed by atoms with Crippen LogP contribution in [0.5, 0.6) is 0 Å². The molecule has 104 valence electrons. The predicted molar refractivity (Wildman–Crippen MR) is 74.8 cm³/mol. The van der Waals surface area contributed by atoms with Crippen molar-refractivity contribution in [3.05, 3.63) is 34.6 Å². The molecule has 0 aliphatic carbocycles. The lowest BCUT2D eigenvalue weighted by Gasteiger charge is -2.35. The molecule has 0 spiro atoms. The van der Waals surface area contributed by atoms with Crippen LogP contribution in [0, 0.1) is 5.82 Å². The van der Waals surface area contributed by atoms with Gasteiger partial charge in [-0.05, 0) is 50.1 Å². The standard InChI is InChI=1S/C15H19ClFNO/c1-11(19)8-14-4-2-3-7-18(14)10-12-9-13(17)5-6-15(12)16/h5-6,9,14H,2-4,7-8,10H2,1H3. The molecule has 1 aromatic rings. The molecule has 0 amide bonds. The van der Waals surface area contributed by atoms with Gasteiger partial charge in [0.15, 0.2) is 0 Å². The smallest absolute Gasteiger partial charge is 0.131 e. The molecule has 2 nitrogen and oxygen atoms in total. The first-order valence-electron chi connectivity index (χ1n) is 6.73. The summed E-state index contributed by atoms with van der Waals surface area (Å²) in [7, 11) is 0. The number of piperidine rings is 1. The van der Waals surface area contributed by atoms with E-state index in [0.717, 1.165) is 31.4 Å². The maximum atomic E-state index is 13.3. The van der Waals surface area contributed by atoms with E-state index in [1.165, 1.54) is 12.1 Å². The first-order chi connectivity index (χ1) is 9.06. The molecule has 1 aromatic carbocycles. The number of carbonyl (C=O) groups excluding carboxylic acids is 1. The molecule has 1 aliphatic rings. The zero-order chi connectivity index (χ0) is 13.8. The third kappa shape index (κ3) is 4.02. The molecule has 1 heterocycles. The van der Waals surface area contributed by atoms with Crippen molar-refractivity contribution in [2.45, 2.75) is 45.2 Å². The van der Waals surface area contributed by atoms with E-state index in [-0.39, 0.29) is 17.6 Å². The summed E-state index contributed by atoms with van der Waals surface area (Å²) in [5.74, 6) is -0.0539. The molecule has 0 bridgehead atoms. The highest BCUT2D eigenvalue weighted by atomic mass is 35.5. The van der Waals surface area contributed by atoms with Crippen molar-refractivity contribution in [3.63, 3.8) is 0 Å². The summed E-state index contributed by atoms with van der Waals surface area (Å²) in [6.07, 6.45) is 3.89. The lowest BCUT2D eigenvalue weighted by Crippen LogP contribution is -2.40. The SMILES string of the molecule is CC(=O)CC1CCCCN1Cc1cc(F)ccc1Cl. The van der Waals surface area contributed by atoms with E-state index in [9.17, 15) is 9.18 Å². The zero-order valence-electron chi connectivity index (χ0n) is 11.2. The Morgan fingerprint density at radius 2 is 2.26 bits per heavy atom. The minimum absolute atomic E-state index is 0.210. The molecule has 0 radical (unpaired) electrons. The van der Waals surface area contributed by atoms with Crippen LogP contribution < -0.4 is 0 Å². The van der Waals surface area contributed by atoms with Crippen LogP contribution in [-0.4, -0.2) is 23.3 Å². The van der Waals surface area contributed by atoms with E-state index >= 15 is 0 Å². The van der Waals surface area contributed by atoms with Crippen LogP contribution in [-0.2, 0) is 11.3 Å². The average molecular weight is 284 g/mol. The molecule has 1 unspecified atom stereocenters. The molecule has 1 saturated heterocycles. The molecule has 4 heteroatoms. The second kappa shape index (κ2) is 6.49. The van der Waals surface area contributed by atoms with Crippen LogP contribution in [0.1, 0.15) is 38.2 Å². The number of ketones is 1. The van der Waals surface area contributed by atoms with Crippen molar-refractivity contribution < 1.29 is 9.18 Å². The monoisotopic (exact) mass is 283 g/mol. The number of benzene rings is 1. The van der Waals surface area contributed by atoms with Gasteiger partial charge in [-0.2, -0.15) is 0 Å². The number of hydrogen-bond donors (Lipinski definition) is 0. The van der Waals surface area contributed by atoms with Gasteiger partial charge in [0.25, 0.3) is 0 Å². The third-order valence-corrected chi connectivity index (χ3v) is 4.02. The number of likely N-dealkylation sites (tertiary alicyclic amines) is 1. The van der Waals surface area contributed by atoms with Gasteiger partial charge in [0.05, 0.1) is 0 Å². The van der Waals surface area contributed by atoms with Gasteiger partial charge in [-0.1, -0.05) is 18.0 Å². The fraction of sp³-hybridized carbons (Fsp3) is 0.533. The summed E-state index contributed by atoms with van der Waals surface area (Å²) in [6, 6.07) is 4.72. The van der Waals surface area contributed by atoms with Crippen molar-refractivity contribution in [2.24, 2.45) is 0 Å². The fourth-order valence-electron chi connectivity index (χ4n) is 2.71. The molecular weight excluding hydrogens is 265 g/mol. The Morgan fingerprint density at radius 3 is 3.00 bits per heavy atom. The topological polar surface area (TPSA) is 20.3 Å². The minimum Gasteiger partial charge on any atom is -0.300 e. The van der Waals surface area contributed by atoms with Crippen LogP contribution in [0.2, 0.25) is 5.02 Å². The Hall–Kier alpha value is -0.930. The average Bonchev–Trinajstić information content (AvgIpc) is 2.35. The van der Waals surface area contributed by atoms with Crippen molar-refractivity contribution in [1.82, 2.24) is 4.90 Å². The molecule has 1 atom stereocenters. The number of Topliss-reactive ketones (excluding diaryl/α,β-unsaturated/α-hetero) is 1. The van der Waals surface area contributed by atoms with Gasteiger partial charge in [0.1, 0.15) is 11.6 Å². The number of carbonyl (C=O) groups is 1. The summed E-state index contributed by atoms with van der Waals surface area (Å²) < 4.78 is 13.3. The lowest BCUT2D eigenvalue weighted by molar-refractivity contribution is -0.118. The summed E-state index contributed by atoms with van der Waals surface area (Å²) >= 11 is 6.11. The number of hydrogen-bond acceptors (Lipinski definition) is 2. The second-order valence-electron chi connectivity index (χ2n) is 5.26. The van der Waals surface area contributed by atoms with Gasteiger partial charge in [0.2, 0.25) is 0 Å². The Labute approximate surface area is 118 Å². The summed E-state index contributed by atoms with van der Waals surface area (Å²) in [4.78, 5) is 13.6. The maximum absolute atomic E-state index is 13.3. The van der Waals surface area contributed by atoms with Gasteiger partial charge < -0.3 is 0 Å². The van der Waals surface area contributed by atoms with Gasteiger partial charge in [0, 0.05) is 24.0 Å². The number of nitrogens with zero attached hydrogens (tertiary/aromatic N) is 1. The molecule has 0 saturated carbocycles. The molecule has 1 fully saturated rings. The van der Waals surface area contributed by atoms with Gasteiger partial charge in [-0.25, -0.2) is 4.39 Å². The van der Waals surface area contributed by atoms with Gasteiger partial charge in [-0.3, -0.25) is 9.69 Å². The van der Waals surface area contributed by atoms with Crippen LogP contribution in [0.15, 0.2) is 18.2 Å². The van der Waals surface area contributed by atoms with E-state index in [1.54, 1.807) is 13.0 Å². The third-order valence-electron chi connectivity index (χ3n) is 3.65. The minimum atomic E-state index is -0.264. The van der Waals surface area contributed by atoms with Crippen LogP contribution in [0.25, 0.3) is 0 Å². The largest absolute Gasteiger partial charge is 0.300 e. The first-order valence-corrected chi connectivity index (χ1v) is 7.11. The second-order valence-corrected chi connectivity index (χ2v) is 5.67. The zero-order valence-corrected chi connectivity index (χ0v) is 11.9. The van der Waals surface area contributed by atoms with E-state index < -0.39 is 0 Å². The van der Waals surface area contributed by atoms with E-state index in [4.69, 9.17) is 11.6 Å². The van der Waals surface area contributed by atoms with Crippen molar-refractivity contribution in [3.8, 4) is 0 Å². The number of halogens is 2. The van der Waals surface area contributed by atoms with Crippen LogP contribution in [0.4, 0.5) is 4.39 Å². The summed E-state index contributed by atoms with van der Waals surface area (Å²) in [6.45, 7) is 3.20. The van der Waals surface area contributed by atoms with E-state index in [2.05, 4.69) is 4.90 Å². The number of rotatable bonds is 4. The molecular formula is C15H19ClFNO. The summed E-state index contributed by atoms with van der Waals surface area (Å²) in [5, 5.41) is 0.591. The van der Waals surface area contributed by atoms with E-state index in [0.29, 0.717) is 18.0 Å². The Kier molecular flexibility index (Phi) is 4.94. The molecule has 0 aromatic heterocycles. The first kappa shape index (κ1) is 14.5. The highest BCUT2D eigenvalue weighted by molar-refractivity contribution is 6.31. The highest BCUT2D eigenvalue weighted by Crippen LogP contribution is 2.25. The molecule has 2 rings (SSSR count). The van der Waals surface area contributed by atoms with Crippen LogP contribution in [0.3, 0.4) is 0 Å². The Balaban J connectivity index is 2.10.